The van der Waals surface area contributed by atoms with Crippen LogP contribution in [0.1, 0.15) is 33.6 Å². The van der Waals surface area contributed by atoms with E-state index in [9.17, 15) is 8.42 Å². The van der Waals surface area contributed by atoms with Crippen LogP contribution in [0.4, 0.5) is 0 Å². The van der Waals surface area contributed by atoms with Crippen molar-refractivity contribution in [3.8, 4) is 0 Å². The van der Waals surface area contributed by atoms with Gasteiger partial charge in [-0.2, -0.15) is 0 Å². The van der Waals surface area contributed by atoms with Gasteiger partial charge in [-0.1, -0.05) is 0 Å². The van der Waals surface area contributed by atoms with Crippen molar-refractivity contribution in [2.24, 2.45) is 5.41 Å². The van der Waals surface area contributed by atoms with Gasteiger partial charge in [-0.3, -0.25) is 0 Å². The van der Waals surface area contributed by atoms with Crippen molar-refractivity contribution in [2.45, 2.75) is 39.2 Å². The predicted octanol–water partition coefficient (Wildman–Crippen LogP) is 0.902. The maximum Gasteiger partial charge on any atom is 0.151 e. The summed E-state index contributed by atoms with van der Waals surface area (Å²) in [6.07, 6.45) is 1.81. The summed E-state index contributed by atoms with van der Waals surface area (Å²) in [5.74, 6) is 0.643. The molecular formula is C15H30N2O3S. The van der Waals surface area contributed by atoms with Gasteiger partial charge in [-0.25, -0.2) is 8.42 Å². The Morgan fingerprint density at radius 1 is 1.24 bits per heavy atom. The van der Waals surface area contributed by atoms with E-state index in [-0.39, 0.29) is 11.0 Å². The fraction of sp³-hybridized carbons (Fsp3) is 1.00. The van der Waals surface area contributed by atoms with Crippen LogP contribution in [0.3, 0.4) is 0 Å². The highest BCUT2D eigenvalue weighted by atomic mass is 32.2. The topological polar surface area (TPSA) is 58.6 Å². The number of rotatable bonds is 4. The summed E-state index contributed by atoms with van der Waals surface area (Å²) in [6.45, 7) is 11.5. The van der Waals surface area contributed by atoms with Gasteiger partial charge in [0.15, 0.2) is 9.84 Å². The van der Waals surface area contributed by atoms with Gasteiger partial charge in [-0.15, -0.1) is 0 Å². The molecule has 124 valence electrons. The van der Waals surface area contributed by atoms with Gasteiger partial charge < -0.3 is 15.0 Å². The van der Waals surface area contributed by atoms with E-state index in [0.717, 1.165) is 45.7 Å². The van der Waals surface area contributed by atoms with Crippen LogP contribution in [0.2, 0.25) is 0 Å². The molecule has 1 unspecified atom stereocenters. The van der Waals surface area contributed by atoms with E-state index in [1.54, 1.807) is 0 Å². The highest BCUT2D eigenvalue weighted by molar-refractivity contribution is 7.91. The van der Waals surface area contributed by atoms with E-state index in [0.29, 0.717) is 18.1 Å². The third-order valence-electron chi connectivity index (χ3n) is 4.39. The molecule has 2 aliphatic rings. The van der Waals surface area contributed by atoms with Gasteiger partial charge in [0.25, 0.3) is 0 Å². The van der Waals surface area contributed by atoms with Crippen LogP contribution < -0.4 is 5.32 Å². The average Bonchev–Trinajstić information content (AvgIpc) is 2.75. The fourth-order valence-corrected chi connectivity index (χ4v) is 4.35. The molecule has 0 aromatic heterocycles. The lowest BCUT2D eigenvalue weighted by atomic mass is 9.85. The SMILES string of the molecule is CC(C)(C)NCC1(CN2CCCS(=O)(=O)CC2)CCOC1. The number of ether oxygens (including phenoxy) is 1. The fourth-order valence-electron chi connectivity index (χ4n) is 3.04. The summed E-state index contributed by atoms with van der Waals surface area (Å²) in [5.41, 5.74) is 0.221. The number of hydrogen-bond donors (Lipinski definition) is 1. The minimum Gasteiger partial charge on any atom is -0.381 e. The lowest BCUT2D eigenvalue weighted by Crippen LogP contribution is -2.49. The minimum absolute atomic E-state index is 0.0950. The van der Waals surface area contributed by atoms with Gasteiger partial charge in [-0.05, 0) is 40.2 Å². The molecule has 0 amide bonds. The summed E-state index contributed by atoms with van der Waals surface area (Å²) < 4.78 is 29.1. The Bertz CT molecular complexity index is 436. The van der Waals surface area contributed by atoms with E-state index in [4.69, 9.17) is 4.74 Å². The lowest BCUT2D eigenvalue weighted by Gasteiger charge is -2.36. The smallest absolute Gasteiger partial charge is 0.151 e. The second-order valence-electron chi connectivity index (χ2n) is 7.69. The van der Waals surface area contributed by atoms with Gasteiger partial charge in [0.2, 0.25) is 0 Å². The Hall–Kier alpha value is -0.170. The third kappa shape index (κ3) is 5.51. The minimum atomic E-state index is -2.83. The van der Waals surface area contributed by atoms with Crippen LogP contribution in [0.5, 0.6) is 0 Å². The van der Waals surface area contributed by atoms with Gasteiger partial charge in [0.05, 0.1) is 18.1 Å². The number of nitrogens with one attached hydrogen (secondary N) is 1. The first-order valence-electron chi connectivity index (χ1n) is 7.95. The summed E-state index contributed by atoms with van der Waals surface area (Å²) in [7, 11) is -2.83. The van der Waals surface area contributed by atoms with Crippen LogP contribution in [-0.2, 0) is 14.6 Å². The largest absolute Gasteiger partial charge is 0.381 e. The van der Waals surface area contributed by atoms with Gasteiger partial charge >= 0.3 is 0 Å². The zero-order valence-electron chi connectivity index (χ0n) is 13.7. The van der Waals surface area contributed by atoms with Crippen molar-refractivity contribution >= 4 is 9.84 Å². The second-order valence-corrected chi connectivity index (χ2v) is 9.99. The second kappa shape index (κ2) is 6.52. The average molecular weight is 318 g/mol. The zero-order valence-corrected chi connectivity index (χ0v) is 14.5. The Labute approximate surface area is 129 Å². The first-order chi connectivity index (χ1) is 9.70. The van der Waals surface area contributed by atoms with E-state index >= 15 is 0 Å². The van der Waals surface area contributed by atoms with Crippen LogP contribution >= 0.6 is 0 Å². The van der Waals surface area contributed by atoms with E-state index in [1.165, 1.54) is 0 Å². The van der Waals surface area contributed by atoms with E-state index < -0.39 is 9.84 Å². The Morgan fingerprint density at radius 3 is 2.62 bits per heavy atom. The number of sulfone groups is 1. The number of hydrogen-bond acceptors (Lipinski definition) is 5. The molecule has 0 aliphatic carbocycles. The molecule has 1 N–H and O–H groups in total. The Kier molecular flexibility index (Phi) is 5.34. The lowest BCUT2D eigenvalue weighted by molar-refractivity contribution is 0.106. The molecule has 0 aromatic carbocycles. The monoisotopic (exact) mass is 318 g/mol. The maximum atomic E-state index is 11.7. The molecule has 0 radical (unpaired) electrons. The van der Waals surface area contributed by atoms with Crippen LogP contribution in [0.15, 0.2) is 0 Å². The summed E-state index contributed by atoms with van der Waals surface area (Å²) >= 11 is 0. The van der Waals surface area contributed by atoms with Crippen molar-refractivity contribution in [1.29, 1.82) is 0 Å². The van der Waals surface area contributed by atoms with E-state index in [2.05, 4.69) is 31.0 Å². The highest BCUT2D eigenvalue weighted by Gasteiger charge is 2.37. The predicted molar refractivity (Wildman–Crippen MR) is 85.3 cm³/mol. The zero-order chi connectivity index (χ0) is 15.6. The Balaban J connectivity index is 1.96. The first kappa shape index (κ1) is 17.2. The molecule has 0 spiro atoms. The standard InChI is InChI=1S/C15H30N2O3S/c1-14(2,3)16-11-15(5-8-20-13-15)12-17-6-4-9-21(18,19)10-7-17/h16H,4-13H2,1-3H3. The van der Waals surface area contributed by atoms with Crippen molar-refractivity contribution in [1.82, 2.24) is 10.2 Å². The van der Waals surface area contributed by atoms with Crippen molar-refractivity contribution in [3.05, 3.63) is 0 Å². The molecule has 0 bridgehead atoms. The molecule has 0 saturated carbocycles. The molecule has 5 nitrogen and oxygen atoms in total. The van der Waals surface area contributed by atoms with Crippen molar-refractivity contribution in [3.63, 3.8) is 0 Å². The van der Waals surface area contributed by atoms with Gasteiger partial charge in [0, 0.05) is 37.2 Å². The maximum absolute atomic E-state index is 11.7. The third-order valence-corrected chi connectivity index (χ3v) is 6.10. The van der Waals surface area contributed by atoms with Gasteiger partial charge in [0.1, 0.15) is 0 Å². The molecule has 6 heteroatoms. The summed E-state index contributed by atoms with van der Waals surface area (Å²) in [5, 5.41) is 3.60. The van der Waals surface area contributed by atoms with E-state index in [1.807, 2.05) is 0 Å². The van der Waals surface area contributed by atoms with Crippen molar-refractivity contribution in [2.75, 3.05) is 50.9 Å². The molecule has 2 rings (SSSR count). The van der Waals surface area contributed by atoms with Crippen LogP contribution in [0.25, 0.3) is 0 Å². The quantitative estimate of drug-likeness (QED) is 0.835. The Morgan fingerprint density at radius 2 is 2.00 bits per heavy atom. The van der Waals surface area contributed by atoms with Crippen molar-refractivity contribution < 1.29 is 13.2 Å². The normalized spacial score (nSPS) is 31.2. The van der Waals surface area contributed by atoms with Crippen LogP contribution in [0, 0.1) is 5.41 Å². The summed E-state index contributed by atoms with van der Waals surface area (Å²) in [6, 6.07) is 0. The first-order valence-corrected chi connectivity index (χ1v) is 9.78. The molecular weight excluding hydrogens is 288 g/mol. The summed E-state index contributed by atoms with van der Waals surface area (Å²) in [4.78, 5) is 2.32. The highest BCUT2D eigenvalue weighted by Crippen LogP contribution is 2.30. The molecule has 2 heterocycles. The molecule has 21 heavy (non-hydrogen) atoms. The molecule has 1 atom stereocenters. The molecule has 2 saturated heterocycles. The number of nitrogens with zero attached hydrogens (tertiary/aromatic N) is 1. The molecule has 2 fully saturated rings. The van der Waals surface area contributed by atoms with Crippen LogP contribution in [-0.4, -0.2) is 69.8 Å². The molecule has 0 aromatic rings. The molecule has 2 aliphatic heterocycles.